The van der Waals surface area contributed by atoms with Gasteiger partial charge in [0.2, 0.25) is 10.0 Å². The zero-order chi connectivity index (χ0) is 18.4. The van der Waals surface area contributed by atoms with Crippen molar-refractivity contribution < 1.29 is 12.9 Å². The van der Waals surface area contributed by atoms with Crippen LogP contribution < -0.4 is 0 Å². The molecule has 0 aliphatic carbocycles. The Hall–Kier alpha value is -1.66. The molecular weight excluding hydrogens is 336 g/mol. The van der Waals surface area contributed by atoms with E-state index in [-0.39, 0.29) is 12.0 Å². The predicted octanol–water partition coefficient (Wildman–Crippen LogP) is 4.25. The Kier molecular flexibility index (Phi) is 4.77. The Morgan fingerprint density at radius 2 is 1.80 bits per heavy atom. The largest absolute Gasteiger partial charge is 0.361 e. The minimum absolute atomic E-state index is 0.231. The summed E-state index contributed by atoms with van der Waals surface area (Å²) in [5.74, 6) is 1.02. The standard InChI is InChI=1S/C19H26N2O3S/c1-12(2)18-11-16(20-24-18)17-7-6-8-21(17)25(22,23)19-14(4)9-13(3)10-15(19)5/h9-12,17H,6-8H2,1-5H3/t17-/m0/s1. The van der Waals surface area contributed by atoms with Crippen LogP contribution in [0.1, 0.15) is 66.8 Å². The van der Waals surface area contributed by atoms with E-state index >= 15 is 0 Å². The molecule has 136 valence electrons. The fraction of sp³-hybridized carbons (Fsp3) is 0.526. The number of hydrogen-bond acceptors (Lipinski definition) is 4. The number of aromatic nitrogens is 1. The van der Waals surface area contributed by atoms with Crippen molar-refractivity contribution in [2.45, 2.75) is 64.3 Å². The molecule has 1 aromatic heterocycles. The molecular formula is C19H26N2O3S. The first-order valence-corrected chi connectivity index (χ1v) is 10.2. The normalized spacial score (nSPS) is 19.0. The van der Waals surface area contributed by atoms with Gasteiger partial charge in [0.25, 0.3) is 0 Å². The highest BCUT2D eigenvalue weighted by Crippen LogP contribution is 2.38. The number of hydrogen-bond donors (Lipinski definition) is 0. The van der Waals surface area contributed by atoms with Crippen LogP contribution >= 0.6 is 0 Å². The van der Waals surface area contributed by atoms with Crippen LogP contribution in [0.2, 0.25) is 0 Å². The molecule has 0 bridgehead atoms. The molecule has 0 unspecified atom stereocenters. The SMILES string of the molecule is Cc1cc(C)c(S(=O)(=O)N2CCC[C@H]2c2cc(C(C)C)on2)c(C)c1. The van der Waals surface area contributed by atoms with Crippen molar-refractivity contribution in [1.82, 2.24) is 9.46 Å². The van der Waals surface area contributed by atoms with Gasteiger partial charge < -0.3 is 4.52 Å². The fourth-order valence-corrected chi connectivity index (χ4v) is 5.83. The monoisotopic (exact) mass is 362 g/mol. The summed E-state index contributed by atoms with van der Waals surface area (Å²) >= 11 is 0. The first-order valence-electron chi connectivity index (χ1n) is 8.78. The van der Waals surface area contributed by atoms with Gasteiger partial charge in [-0.05, 0) is 44.7 Å². The molecule has 1 aromatic carbocycles. The molecule has 3 rings (SSSR count). The van der Waals surface area contributed by atoms with Crippen LogP contribution in [-0.4, -0.2) is 24.4 Å². The minimum Gasteiger partial charge on any atom is -0.361 e. The molecule has 0 spiro atoms. The summed E-state index contributed by atoms with van der Waals surface area (Å²) in [5, 5.41) is 4.15. The van der Waals surface area contributed by atoms with Crippen LogP contribution in [0, 0.1) is 20.8 Å². The highest BCUT2D eigenvalue weighted by atomic mass is 32.2. The van der Waals surface area contributed by atoms with Gasteiger partial charge in [-0.15, -0.1) is 0 Å². The average molecular weight is 362 g/mol. The molecule has 1 fully saturated rings. The second-order valence-corrected chi connectivity index (χ2v) is 9.14. The molecule has 1 aliphatic heterocycles. The van der Waals surface area contributed by atoms with Crippen LogP contribution in [0.3, 0.4) is 0 Å². The number of rotatable bonds is 4. The maximum absolute atomic E-state index is 13.4. The number of sulfonamides is 1. The van der Waals surface area contributed by atoms with E-state index < -0.39 is 10.0 Å². The van der Waals surface area contributed by atoms with Gasteiger partial charge in [0.1, 0.15) is 11.5 Å². The molecule has 2 aromatic rings. The lowest BCUT2D eigenvalue weighted by atomic mass is 10.1. The number of benzene rings is 1. The van der Waals surface area contributed by atoms with Crippen LogP contribution in [0.4, 0.5) is 0 Å². The van der Waals surface area contributed by atoms with Crippen LogP contribution in [0.25, 0.3) is 0 Å². The van der Waals surface area contributed by atoms with Crippen LogP contribution in [-0.2, 0) is 10.0 Å². The fourth-order valence-electron chi connectivity index (χ4n) is 3.75. The maximum atomic E-state index is 13.4. The predicted molar refractivity (Wildman–Crippen MR) is 97.1 cm³/mol. The first kappa shape index (κ1) is 18.1. The van der Waals surface area contributed by atoms with Gasteiger partial charge >= 0.3 is 0 Å². The van der Waals surface area contributed by atoms with Crippen molar-refractivity contribution in [3.8, 4) is 0 Å². The molecule has 6 heteroatoms. The van der Waals surface area contributed by atoms with Gasteiger partial charge in [0, 0.05) is 18.5 Å². The van der Waals surface area contributed by atoms with Crippen molar-refractivity contribution in [2.24, 2.45) is 0 Å². The first-order chi connectivity index (χ1) is 11.7. The Morgan fingerprint density at radius 1 is 1.16 bits per heavy atom. The summed E-state index contributed by atoms with van der Waals surface area (Å²) in [7, 11) is -3.57. The smallest absolute Gasteiger partial charge is 0.244 e. The van der Waals surface area contributed by atoms with E-state index in [1.807, 2.05) is 52.8 Å². The lowest BCUT2D eigenvalue weighted by molar-refractivity contribution is 0.338. The van der Waals surface area contributed by atoms with E-state index in [1.165, 1.54) is 0 Å². The molecule has 1 saturated heterocycles. The Labute approximate surface area is 150 Å². The summed E-state index contributed by atoms with van der Waals surface area (Å²) in [6.45, 7) is 10.3. The Morgan fingerprint density at radius 3 is 2.36 bits per heavy atom. The minimum atomic E-state index is -3.57. The van der Waals surface area contributed by atoms with Gasteiger partial charge in [0.05, 0.1) is 10.9 Å². The summed E-state index contributed by atoms with van der Waals surface area (Å²) in [6.07, 6.45) is 1.60. The second-order valence-electron chi connectivity index (χ2n) is 7.31. The molecule has 1 atom stereocenters. The van der Waals surface area contributed by atoms with E-state index in [2.05, 4.69) is 5.16 Å². The second kappa shape index (κ2) is 6.57. The van der Waals surface area contributed by atoms with E-state index in [4.69, 9.17) is 4.52 Å². The lowest BCUT2D eigenvalue weighted by Crippen LogP contribution is -2.32. The number of nitrogens with zero attached hydrogens (tertiary/aromatic N) is 2. The Bertz CT molecular complexity index is 861. The highest BCUT2D eigenvalue weighted by Gasteiger charge is 2.39. The average Bonchev–Trinajstić information content (AvgIpc) is 3.15. The van der Waals surface area contributed by atoms with Crippen molar-refractivity contribution in [3.63, 3.8) is 0 Å². The van der Waals surface area contributed by atoms with Gasteiger partial charge in [0.15, 0.2) is 0 Å². The summed E-state index contributed by atoms with van der Waals surface area (Å²) in [6, 6.07) is 5.51. The van der Waals surface area contributed by atoms with E-state index in [0.717, 1.165) is 35.3 Å². The third-order valence-electron chi connectivity index (χ3n) is 4.83. The van der Waals surface area contributed by atoms with Crippen molar-refractivity contribution >= 4 is 10.0 Å². The molecule has 5 nitrogen and oxygen atoms in total. The van der Waals surface area contributed by atoms with E-state index in [1.54, 1.807) is 4.31 Å². The third kappa shape index (κ3) is 3.25. The summed E-state index contributed by atoms with van der Waals surface area (Å²) in [4.78, 5) is 0.428. The molecule has 2 heterocycles. The van der Waals surface area contributed by atoms with Crippen LogP contribution in [0.5, 0.6) is 0 Å². The third-order valence-corrected chi connectivity index (χ3v) is 7.05. The van der Waals surface area contributed by atoms with Crippen molar-refractivity contribution in [1.29, 1.82) is 0 Å². The number of aryl methyl sites for hydroxylation is 3. The quantitative estimate of drug-likeness (QED) is 0.816. The molecule has 0 radical (unpaired) electrons. The van der Waals surface area contributed by atoms with E-state index in [0.29, 0.717) is 17.1 Å². The Balaban J connectivity index is 2.01. The molecule has 0 N–H and O–H groups in total. The highest BCUT2D eigenvalue weighted by molar-refractivity contribution is 7.89. The van der Waals surface area contributed by atoms with E-state index in [9.17, 15) is 8.42 Å². The van der Waals surface area contributed by atoms with Crippen molar-refractivity contribution in [3.05, 3.63) is 46.3 Å². The zero-order valence-corrected chi connectivity index (χ0v) is 16.4. The summed E-state index contributed by atoms with van der Waals surface area (Å²) in [5.41, 5.74) is 3.38. The molecule has 0 saturated carbocycles. The molecule has 25 heavy (non-hydrogen) atoms. The topological polar surface area (TPSA) is 63.4 Å². The molecule has 1 aliphatic rings. The van der Waals surface area contributed by atoms with Gasteiger partial charge in [-0.3, -0.25) is 0 Å². The summed E-state index contributed by atoms with van der Waals surface area (Å²) < 4.78 is 33.8. The maximum Gasteiger partial charge on any atom is 0.244 e. The lowest BCUT2D eigenvalue weighted by Gasteiger charge is -2.24. The van der Waals surface area contributed by atoms with Crippen molar-refractivity contribution in [2.75, 3.05) is 6.54 Å². The molecule has 0 amide bonds. The van der Waals surface area contributed by atoms with Gasteiger partial charge in [-0.1, -0.05) is 36.7 Å². The van der Waals surface area contributed by atoms with Crippen LogP contribution in [0.15, 0.2) is 27.6 Å². The van der Waals surface area contributed by atoms with Gasteiger partial charge in [-0.2, -0.15) is 4.31 Å². The zero-order valence-electron chi connectivity index (χ0n) is 15.5. The van der Waals surface area contributed by atoms with Gasteiger partial charge in [-0.25, -0.2) is 8.42 Å².